The molecule has 0 spiro atoms. The minimum Gasteiger partial charge on any atom is -0.386 e. The lowest BCUT2D eigenvalue weighted by Crippen LogP contribution is -2.39. The first-order valence-electron chi connectivity index (χ1n) is 9.90. The van der Waals surface area contributed by atoms with Gasteiger partial charge >= 0.3 is 0 Å². The summed E-state index contributed by atoms with van der Waals surface area (Å²) in [6.07, 6.45) is 2.96. The lowest BCUT2D eigenvalue weighted by Gasteiger charge is -2.31. The third-order valence-electron chi connectivity index (χ3n) is 5.04. The molecule has 1 saturated heterocycles. The number of rotatable bonds is 8. The number of nitrogens with zero attached hydrogens (tertiary/aromatic N) is 2. The zero-order valence-corrected chi connectivity index (χ0v) is 17.9. The minimum atomic E-state index is -0.741. The van der Waals surface area contributed by atoms with E-state index in [0.29, 0.717) is 15.6 Å². The van der Waals surface area contributed by atoms with Gasteiger partial charge in [-0.05, 0) is 75.5 Å². The molecule has 0 saturated carbocycles. The Labute approximate surface area is 173 Å². The molecule has 2 rings (SSSR count). The van der Waals surface area contributed by atoms with E-state index in [2.05, 4.69) is 27.4 Å². The van der Waals surface area contributed by atoms with Crippen LogP contribution in [0, 0.1) is 5.92 Å². The number of guanidine groups is 1. The number of aliphatic imine (C=N–C) groups is 1. The van der Waals surface area contributed by atoms with Crippen LogP contribution in [-0.2, 0) is 0 Å². The van der Waals surface area contributed by atoms with Crippen LogP contribution in [0.25, 0.3) is 0 Å². The highest BCUT2D eigenvalue weighted by atomic mass is 35.5. The summed E-state index contributed by atoms with van der Waals surface area (Å²) in [4.78, 5) is 7.02. The normalized spacial score (nSPS) is 17.7. The highest BCUT2D eigenvalue weighted by Gasteiger charge is 2.17. The van der Waals surface area contributed by atoms with E-state index in [1.165, 1.54) is 25.9 Å². The van der Waals surface area contributed by atoms with Gasteiger partial charge in [-0.2, -0.15) is 0 Å². The highest BCUT2D eigenvalue weighted by Crippen LogP contribution is 2.23. The van der Waals surface area contributed by atoms with Crippen molar-refractivity contribution < 1.29 is 5.11 Å². The molecule has 1 heterocycles. The van der Waals surface area contributed by atoms with Gasteiger partial charge in [-0.3, -0.25) is 4.99 Å². The summed E-state index contributed by atoms with van der Waals surface area (Å²) in [5.74, 6) is 1.51. The molecule has 0 amide bonds. The van der Waals surface area contributed by atoms with Crippen molar-refractivity contribution in [3.05, 3.63) is 33.8 Å². The molecule has 1 fully saturated rings. The van der Waals surface area contributed by atoms with Crippen LogP contribution in [-0.4, -0.2) is 55.2 Å². The Morgan fingerprint density at radius 1 is 1.19 bits per heavy atom. The number of nitrogens with one attached hydrogen (secondary N) is 2. The van der Waals surface area contributed by atoms with E-state index in [9.17, 15) is 5.11 Å². The van der Waals surface area contributed by atoms with Crippen LogP contribution in [0.5, 0.6) is 0 Å². The van der Waals surface area contributed by atoms with Crippen molar-refractivity contribution in [3.8, 4) is 0 Å². The maximum Gasteiger partial charge on any atom is 0.191 e. The Bertz CT molecular complexity index is 583. The molecule has 1 atom stereocenters. The fourth-order valence-corrected chi connectivity index (χ4v) is 3.92. The fourth-order valence-electron chi connectivity index (χ4n) is 3.38. The van der Waals surface area contributed by atoms with Gasteiger partial charge in [0.2, 0.25) is 0 Å². The Balaban J connectivity index is 1.81. The van der Waals surface area contributed by atoms with Crippen molar-refractivity contribution in [2.75, 3.05) is 39.3 Å². The molecule has 0 bridgehead atoms. The van der Waals surface area contributed by atoms with Crippen molar-refractivity contribution >= 4 is 29.2 Å². The topological polar surface area (TPSA) is 59.9 Å². The molecule has 7 heteroatoms. The quantitative estimate of drug-likeness (QED) is 0.448. The van der Waals surface area contributed by atoms with Crippen LogP contribution in [0.3, 0.4) is 0 Å². The number of hydrogen-bond donors (Lipinski definition) is 3. The number of aliphatic hydroxyl groups excluding tert-OH is 1. The summed E-state index contributed by atoms with van der Waals surface area (Å²) in [7, 11) is 0. The first kappa shape index (κ1) is 22.3. The zero-order valence-electron chi connectivity index (χ0n) is 16.3. The number of piperidine rings is 1. The third kappa shape index (κ3) is 7.86. The summed E-state index contributed by atoms with van der Waals surface area (Å²) >= 11 is 12.0. The molecular formula is C20H32Cl2N4O. The second-order valence-electron chi connectivity index (χ2n) is 7.03. The van der Waals surface area contributed by atoms with Crippen LogP contribution < -0.4 is 10.6 Å². The van der Waals surface area contributed by atoms with Crippen molar-refractivity contribution in [2.45, 2.75) is 39.2 Å². The SMILES string of the molecule is CCNC(=NCC(O)c1cc(Cl)cc(Cl)c1)NCCC1CCN(CC)CC1. The summed E-state index contributed by atoms with van der Waals surface area (Å²) in [5.41, 5.74) is 0.676. The second kappa shape index (κ2) is 11.7. The molecular weight excluding hydrogens is 383 g/mol. The maximum absolute atomic E-state index is 10.4. The second-order valence-corrected chi connectivity index (χ2v) is 7.90. The zero-order chi connectivity index (χ0) is 19.6. The van der Waals surface area contributed by atoms with Crippen molar-refractivity contribution in [3.63, 3.8) is 0 Å². The number of halogens is 2. The number of likely N-dealkylation sites (tertiary alicyclic amines) is 1. The summed E-state index contributed by atoms with van der Waals surface area (Å²) in [6, 6.07) is 5.09. The molecule has 1 aromatic rings. The van der Waals surface area contributed by atoms with E-state index in [-0.39, 0.29) is 6.54 Å². The standard InChI is InChI=1S/C20H32Cl2N4O/c1-3-23-20(24-8-5-15-6-9-26(4-2)10-7-15)25-14-19(27)16-11-17(21)13-18(22)12-16/h11-13,15,19,27H,3-10,14H2,1-2H3,(H2,23,24,25). The van der Waals surface area contributed by atoms with E-state index in [4.69, 9.17) is 23.2 Å². The van der Waals surface area contributed by atoms with Crippen LogP contribution >= 0.6 is 23.2 Å². The van der Waals surface area contributed by atoms with Gasteiger partial charge in [0.05, 0.1) is 12.6 Å². The third-order valence-corrected chi connectivity index (χ3v) is 5.47. The fraction of sp³-hybridized carbons (Fsp3) is 0.650. The van der Waals surface area contributed by atoms with Gasteiger partial charge in [-0.25, -0.2) is 0 Å². The molecule has 0 aliphatic carbocycles. The Hall–Kier alpha value is -1.01. The van der Waals surface area contributed by atoms with E-state index in [1.807, 2.05) is 6.92 Å². The smallest absolute Gasteiger partial charge is 0.191 e. The molecule has 1 aromatic carbocycles. The molecule has 152 valence electrons. The lowest BCUT2D eigenvalue weighted by atomic mass is 9.93. The predicted octanol–water partition coefficient (Wildman–Crippen LogP) is 3.70. The van der Waals surface area contributed by atoms with Crippen LogP contribution in [0.15, 0.2) is 23.2 Å². The molecule has 1 unspecified atom stereocenters. The molecule has 0 radical (unpaired) electrons. The van der Waals surface area contributed by atoms with Crippen LogP contribution in [0.1, 0.15) is 44.8 Å². The number of hydrogen-bond acceptors (Lipinski definition) is 3. The van der Waals surface area contributed by atoms with Gasteiger partial charge in [-0.15, -0.1) is 0 Å². The van der Waals surface area contributed by atoms with Crippen molar-refractivity contribution in [1.82, 2.24) is 15.5 Å². The average Bonchev–Trinajstić information content (AvgIpc) is 2.65. The number of benzene rings is 1. The highest BCUT2D eigenvalue weighted by molar-refractivity contribution is 6.34. The van der Waals surface area contributed by atoms with E-state index < -0.39 is 6.10 Å². The maximum atomic E-state index is 10.4. The molecule has 1 aliphatic heterocycles. The monoisotopic (exact) mass is 414 g/mol. The van der Waals surface area contributed by atoms with Crippen LogP contribution in [0.2, 0.25) is 10.0 Å². The largest absolute Gasteiger partial charge is 0.386 e. The minimum absolute atomic E-state index is 0.251. The first-order valence-corrected chi connectivity index (χ1v) is 10.7. The summed E-state index contributed by atoms with van der Waals surface area (Å²) in [5, 5.41) is 18.0. The van der Waals surface area contributed by atoms with Gasteiger partial charge in [0.25, 0.3) is 0 Å². The van der Waals surface area contributed by atoms with E-state index >= 15 is 0 Å². The van der Waals surface area contributed by atoms with Gasteiger partial charge < -0.3 is 20.6 Å². The molecule has 1 aliphatic rings. The average molecular weight is 415 g/mol. The predicted molar refractivity (Wildman–Crippen MR) is 115 cm³/mol. The van der Waals surface area contributed by atoms with Gasteiger partial charge in [0.1, 0.15) is 0 Å². The molecule has 3 N–H and O–H groups in total. The Morgan fingerprint density at radius 2 is 1.85 bits per heavy atom. The van der Waals surface area contributed by atoms with Crippen LogP contribution in [0.4, 0.5) is 0 Å². The van der Waals surface area contributed by atoms with Gasteiger partial charge in [0, 0.05) is 23.1 Å². The molecule has 5 nitrogen and oxygen atoms in total. The summed E-state index contributed by atoms with van der Waals surface area (Å²) < 4.78 is 0. The Morgan fingerprint density at radius 3 is 2.44 bits per heavy atom. The molecule has 0 aromatic heterocycles. The van der Waals surface area contributed by atoms with Crippen molar-refractivity contribution in [2.24, 2.45) is 10.9 Å². The van der Waals surface area contributed by atoms with Crippen molar-refractivity contribution in [1.29, 1.82) is 0 Å². The van der Waals surface area contributed by atoms with Gasteiger partial charge in [0.15, 0.2) is 5.96 Å². The molecule has 27 heavy (non-hydrogen) atoms. The number of aliphatic hydroxyl groups is 1. The van der Waals surface area contributed by atoms with E-state index in [0.717, 1.165) is 37.9 Å². The Kier molecular flexibility index (Phi) is 9.69. The first-order chi connectivity index (χ1) is 13.0. The lowest BCUT2D eigenvalue weighted by molar-refractivity contribution is 0.186. The van der Waals surface area contributed by atoms with E-state index in [1.54, 1.807) is 18.2 Å². The summed E-state index contributed by atoms with van der Waals surface area (Å²) in [6.45, 7) is 9.76. The van der Waals surface area contributed by atoms with Gasteiger partial charge in [-0.1, -0.05) is 30.1 Å².